The molecule has 2 saturated heterocycles. The lowest BCUT2D eigenvalue weighted by Crippen LogP contribution is -2.49. The molecule has 2 aliphatic rings. The van der Waals surface area contributed by atoms with E-state index in [1.807, 2.05) is 31.2 Å². The van der Waals surface area contributed by atoms with Gasteiger partial charge in [-0.25, -0.2) is 13.4 Å². The molecule has 6 heterocycles. The van der Waals surface area contributed by atoms with Crippen LogP contribution in [0.4, 0.5) is 17.5 Å². The number of fused-ring (bicyclic) bond motifs is 3. The minimum atomic E-state index is -3.56. The molecule has 4 N–H and O–H groups in total. The first kappa shape index (κ1) is 21.1. The van der Waals surface area contributed by atoms with Crippen LogP contribution < -0.4 is 10.6 Å². The highest BCUT2D eigenvalue weighted by Crippen LogP contribution is 2.41. The first-order valence-electron chi connectivity index (χ1n) is 11.3. The van der Waals surface area contributed by atoms with Crippen LogP contribution in [0.15, 0.2) is 47.8 Å². The fourth-order valence-electron chi connectivity index (χ4n) is 5.20. The Kier molecular flexibility index (Phi) is 4.99. The molecule has 12 heteroatoms. The third kappa shape index (κ3) is 3.68. The van der Waals surface area contributed by atoms with Crippen LogP contribution in [-0.4, -0.2) is 61.2 Å². The van der Waals surface area contributed by atoms with Gasteiger partial charge in [-0.3, -0.25) is 15.2 Å². The van der Waals surface area contributed by atoms with Gasteiger partial charge in [0, 0.05) is 53.7 Å². The lowest BCUT2D eigenvalue weighted by molar-refractivity contribution is 0.234. The summed E-state index contributed by atoms with van der Waals surface area (Å²) in [5.74, 6) is 2.06. The maximum absolute atomic E-state index is 13.2. The summed E-state index contributed by atoms with van der Waals surface area (Å²) in [6.07, 6.45) is 7.73. The maximum Gasteiger partial charge on any atom is 0.246 e. The van der Waals surface area contributed by atoms with Gasteiger partial charge < -0.3 is 10.6 Å². The zero-order valence-electron chi connectivity index (χ0n) is 18.6. The van der Waals surface area contributed by atoms with Crippen molar-refractivity contribution in [1.82, 2.24) is 34.7 Å². The molecular formula is C22H25N9O2S. The average molecular weight is 480 g/mol. The van der Waals surface area contributed by atoms with Gasteiger partial charge in [-0.15, -0.1) is 0 Å². The van der Waals surface area contributed by atoms with E-state index < -0.39 is 10.0 Å². The largest absolute Gasteiger partial charge is 0.367 e. The van der Waals surface area contributed by atoms with Crippen molar-refractivity contribution in [3.05, 3.63) is 48.5 Å². The van der Waals surface area contributed by atoms with Gasteiger partial charge in [-0.1, -0.05) is 0 Å². The van der Waals surface area contributed by atoms with Crippen LogP contribution in [0.1, 0.15) is 31.4 Å². The molecule has 2 aliphatic heterocycles. The standard InChI is InChI=1S/C22H25N9O2S/c1-13-7-21(30-29-13)27-20-10-19-18(3-2-6-23-19)22(28-20)26-14-8-15-4-5-16(9-14)31(15)34(32,33)17-11-24-25-12-17/h2-3,6-7,10-12,14-16H,4-5,8-9H2,1H3,(H,24,25)(H3,26,27,28,29,30)/t14-,15-,16+. The molecule has 2 bridgehead atoms. The molecule has 34 heavy (non-hydrogen) atoms. The maximum atomic E-state index is 13.2. The number of anilines is 3. The third-order valence-corrected chi connectivity index (χ3v) is 8.59. The summed E-state index contributed by atoms with van der Waals surface area (Å²) in [5.41, 5.74) is 1.77. The molecule has 176 valence electrons. The van der Waals surface area contributed by atoms with Crippen LogP contribution >= 0.6 is 0 Å². The normalized spacial score (nSPS) is 22.8. The van der Waals surface area contributed by atoms with E-state index in [9.17, 15) is 8.42 Å². The van der Waals surface area contributed by atoms with Gasteiger partial charge in [0.25, 0.3) is 0 Å². The van der Waals surface area contributed by atoms with Gasteiger partial charge in [0.15, 0.2) is 5.82 Å². The number of hydrogen-bond donors (Lipinski definition) is 4. The molecule has 0 saturated carbocycles. The minimum absolute atomic E-state index is 0.0473. The second-order valence-corrected chi connectivity index (χ2v) is 10.8. The zero-order chi connectivity index (χ0) is 23.3. The number of pyridine rings is 2. The first-order valence-corrected chi connectivity index (χ1v) is 12.7. The topological polar surface area (TPSA) is 145 Å². The highest BCUT2D eigenvalue weighted by atomic mass is 32.2. The van der Waals surface area contributed by atoms with E-state index in [1.54, 1.807) is 10.5 Å². The predicted octanol–water partition coefficient (Wildman–Crippen LogP) is 2.92. The summed E-state index contributed by atoms with van der Waals surface area (Å²) < 4.78 is 28.0. The fraction of sp³-hybridized carbons (Fsp3) is 0.364. The molecule has 0 spiro atoms. The summed E-state index contributed by atoms with van der Waals surface area (Å²) in [6.45, 7) is 1.94. The number of aryl methyl sites for hydroxylation is 1. The van der Waals surface area contributed by atoms with E-state index in [0.29, 0.717) is 24.5 Å². The monoisotopic (exact) mass is 479 g/mol. The van der Waals surface area contributed by atoms with Gasteiger partial charge in [0.2, 0.25) is 10.0 Å². The Morgan fingerprint density at radius 3 is 2.68 bits per heavy atom. The first-order chi connectivity index (χ1) is 16.5. The van der Waals surface area contributed by atoms with Crippen molar-refractivity contribution in [1.29, 1.82) is 0 Å². The van der Waals surface area contributed by atoms with E-state index in [1.165, 1.54) is 12.4 Å². The molecular weight excluding hydrogens is 454 g/mol. The number of hydrogen-bond acceptors (Lipinski definition) is 8. The molecule has 0 unspecified atom stereocenters. The SMILES string of the molecule is Cc1cc(Nc2cc3ncccc3c(N[C@@H]3C[C@H]4CC[C@@H](C3)N4S(=O)(=O)c3cn[nH]c3)n2)n[nH]1. The van der Waals surface area contributed by atoms with Gasteiger partial charge in [-0.2, -0.15) is 14.5 Å². The van der Waals surface area contributed by atoms with Crippen LogP contribution in [0, 0.1) is 6.92 Å². The van der Waals surface area contributed by atoms with Crippen LogP contribution in [0.25, 0.3) is 10.9 Å². The Morgan fingerprint density at radius 1 is 1.15 bits per heavy atom. The minimum Gasteiger partial charge on any atom is -0.367 e. The summed E-state index contributed by atoms with van der Waals surface area (Å²) in [7, 11) is -3.56. The van der Waals surface area contributed by atoms with Gasteiger partial charge in [0.1, 0.15) is 16.5 Å². The molecule has 3 atom stereocenters. The number of nitrogens with one attached hydrogen (secondary N) is 4. The van der Waals surface area contributed by atoms with E-state index in [2.05, 4.69) is 36.0 Å². The quantitative estimate of drug-likeness (QED) is 0.330. The Bertz CT molecular complexity index is 1420. The van der Waals surface area contributed by atoms with E-state index >= 15 is 0 Å². The van der Waals surface area contributed by atoms with Crippen molar-refractivity contribution in [2.45, 2.75) is 55.6 Å². The van der Waals surface area contributed by atoms with Gasteiger partial charge in [-0.05, 0) is 44.7 Å². The second-order valence-electron chi connectivity index (χ2n) is 8.95. The summed E-state index contributed by atoms with van der Waals surface area (Å²) in [4.78, 5) is 9.55. The number of rotatable bonds is 6. The highest BCUT2D eigenvalue weighted by Gasteiger charge is 2.47. The number of piperidine rings is 1. The number of aromatic amines is 2. The molecule has 11 nitrogen and oxygen atoms in total. The Balaban J connectivity index is 1.26. The smallest absolute Gasteiger partial charge is 0.246 e. The summed E-state index contributed by atoms with van der Waals surface area (Å²) in [6, 6.07) is 7.70. The Labute approximate surface area is 196 Å². The molecule has 0 amide bonds. The number of sulfonamides is 1. The number of H-pyrrole nitrogens is 2. The zero-order valence-corrected chi connectivity index (χ0v) is 19.4. The lowest BCUT2D eigenvalue weighted by atomic mass is 9.99. The predicted molar refractivity (Wildman–Crippen MR) is 127 cm³/mol. The average Bonchev–Trinajstić information content (AvgIpc) is 3.55. The molecule has 2 fully saturated rings. The van der Waals surface area contributed by atoms with E-state index in [4.69, 9.17) is 4.98 Å². The second kappa shape index (κ2) is 8.06. The highest BCUT2D eigenvalue weighted by molar-refractivity contribution is 7.89. The van der Waals surface area contributed by atoms with Crippen LogP contribution in [0.2, 0.25) is 0 Å². The number of aromatic nitrogens is 6. The van der Waals surface area contributed by atoms with Crippen molar-refractivity contribution in [3.8, 4) is 0 Å². The van der Waals surface area contributed by atoms with Crippen LogP contribution in [0.3, 0.4) is 0 Å². The summed E-state index contributed by atoms with van der Waals surface area (Å²) in [5, 5.41) is 21.3. The summed E-state index contributed by atoms with van der Waals surface area (Å²) >= 11 is 0. The Hall–Kier alpha value is -3.51. The van der Waals surface area contributed by atoms with Gasteiger partial charge >= 0.3 is 0 Å². The molecule has 0 aliphatic carbocycles. The molecule has 6 rings (SSSR count). The van der Waals surface area contributed by atoms with E-state index in [-0.39, 0.29) is 23.0 Å². The van der Waals surface area contributed by atoms with Crippen LogP contribution in [-0.2, 0) is 10.0 Å². The molecule has 0 radical (unpaired) electrons. The van der Waals surface area contributed by atoms with Crippen molar-refractivity contribution < 1.29 is 8.42 Å². The third-order valence-electron chi connectivity index (χ3n) is 6.62. The fourth-order valence-corrected chi connectivity index (χ4v) is 7.00. The molecule has 0 aromatic carbocycles. The van der Waals surface area contributed by atoms with Crippen molar-refractivity contribution in [2.24, 2.45) is 0 Å². The van der Waals surface area contributed by atoms with Crippen molar-refractivity contribution >= 4 is 38.4 Å². The van der Waals surface area contributed by atoms with Gasteiger partial charge in [0.05, 0.1) is 11.7 Å². The van der Waals surface area contributed by atoms with Crippen LogP contribution in [0.5, 0.6) is 0 Å². The lowest BCUT2D eigenvalue weighted by Gasteiger charge is -2.38. The molecule has 4 aromatic heterocycles. The van der Waals surface area contributed by atoms with E-state index in [0.717, 1.165) is 35.3 Å². The van der Waals surface area contributed by atoms with Crippen molar-refractivity contribution in [2.75, 3.05) is 10.6 Å². The van der Waals surface area contributed by atoms with Crippen molar-refractivity contribution in [3.63, 3.8) is 0 Å². The number of nitrogens with zero attached hydrogens (tertiary/aromatic N) is 5. The Morgan fingerprint density at radius 2 is 1.97 bits per heavy atom. The molecule has 4 aromatic rings.